The highest BCUT2D eigenvalue weighted by Gasteiger charge is 2.27. The smallest absolute Gasteiger partial charge is 0.250 e. The molecular formula is C20H22FN7OS. The number of hydrogen-bond acceptors (Lipinski definition) is 8. The predicted molar refractivity (Wildman–Crippen MR) is 114 cm³/mol. The van der Waals surface area contributed by atoms with Gasteiger partial charge in [0.25, 0.3) is 0 Å². The molecule has 3 aromatic rings. The molecule has 3 heterocycles. The van der Waals surface area contributed by atoms with Gasteiger partial charge < -0.3 is 11.5 Å². The maximum atomic E-state index is 15.5. The van der Waals surface area contributed by atoms with Gasteiger partial charge in [0.15, 0.2) is 5.82 Å². The van der Waals surface area contributed by atoms with Crippen molar-refractivity contribution in [3.63, 3.8) is 0 Å². The first-order valence-corrected chi connectivity index (χ1v) is 10.5. The number of amides is 1. The average molecular weight is 428 g/mol. The van der Waals surface area contributed by atoms with Crippen LogP contribution in [0.1, 0.15) is 36.0 Å². The summed E-state index contributed by atoms with van der Waals surface area (Å²) in [5.74, 6) is -0.658. The predicted octanol–water partition coefficient (Wildman–Crippen LogP) is 2.75. The molecule has 0 spiro atoms. The molecule has 1 fully saturated rings. The SMILES string of the molecule is NC(=O)c1ccc(N(NC2CCCCC2N)c2cncc(-c3nccs3)c2F)nc1. The lowest BCUT2D eigenvalue weighted by molar-refractivity contribution is 0.1000. The number of nitrogens with two attached hydrogens (primary N) is 2. The van der Waals surface area contributed by atoms with E-state index in [-0.39, 0.29) is 23.3 Å². The monoisotopic (exact) mass is 427 g/mol. The highest BCUT2D eigenvalue weighted by Crippen LogP contribution is 2.33. The molecule has 0 radical (unpaired) electrons. The summed E-state index contributed by atoms with van der Waals surface area (Å²) in [5.41, 5.74) is 15.7. The number of hydrazine groups is 1. The van der Waals surface area contributed by atoms with Gasteiger partial charge in [0.1, 0.15) is 16.5 Å². The van der Waals surface area contributed by atoms with E-state index in [1.54, 1.807) is 28.7 Å². The highest BCUT2D eigenvalue weighted by molar-refractivity contribution is 7.13. The Labute approximate surface area is 177 Å². The van der Waals surface area contributed by atoms with Crippen LogP contribution in [0, 0.1) is 5.82 Å². The van der Waals surface area contributed by atoms with Gasteiger partial charge in [-0.1, -0.05) is 12.8 Å². The molecule has 10 heteroatoms. The molecule has 0 saturated heterocycles. The number of nitrogens with one attached hydrogen (secondary N) is 1. The summed E-state index contributed by atoms with van der Waals surface area (Å²) in [4.78, 5) is 24.1. The Morgan fingerprint density at radius 2 is 2.03 bits per heavy atom. The van der Waals surface area contributed by atoms with Crippen LogP contribution in [0.4, 0.5) is 15.9 Å². The van der Waals surface area contributed by atoms with Gasteiger partial charge >= 0.3 is 0 Å². The van der Waals surface area contributed by atoms with E-state index in [2.05, 4.69) is 20.4 Å². The first kappa shape index (κ1) is 20.3. The second-order valence-corrected chi connectivity index (χ2v) is 8.04. The third-order valence-electron chi connectivity index (χ3n) is 5.14. The van der Waals surface area contributed by atoms with E-state index in [0.29, 0.717) is 16.4 Å². The molecule has 0 aliphatic heterocycles. The van der Waals surface area contributed by atoms with Crippen molar-refractivity contribution in [3.8, 4) is 10.6 Å². The molecule has 2 atom stereocenters. The van der Waals surface area contributed by atoms with Crippen LogP contribution < -0.4 is 21.9 Å². The number of nitrogens with zero attached hydrogens (tertiary/aromatic N) is 4. The quantitative estimate of drug-likeness (QED) is 0.517. The normalized spacial score (nSPS) is 18.9. The molecule has 5 N–H and O–H groups in total. The second-order valence-electron chi connectivity index (χ2n) is 7.15. The van der Waals surface area contributed by atoms with E-state index < -0.39 is 11.7 Å². The number of carbonyl (C=O) groups excluding carboxylic acids is 1. The standard InChI is InChI=1S/C20H22FN7OS/c21-18-13(20-25-7-8-30-20)10-24-11-16(18)28(27-15-4-2-1-3-14(15)22)17-6-5-12(9-26-17)19(23)29/h5-11,14-15,27H,1-4,22H2,(H2,23,29). The van der Waals surface area contributed by atoms with Gasteiger partial charge in [0, 0.05) is 36.1 Å². The number of rotatable bonds is 6. The molecular weight excluding hydrogens is 405 g/mol. The van der Waals surface area contributed by atoms with Gasteiger partial charge in [0.2, 0.25) is 5.91 Å². The summed E-state index contributed by atoms with van der Waals surface area (Å²) < 4.78 is 15.5. The van der Waals surface area contributed by atoms with Crippen molar-refractivity contribution in [1.82, 2.24) is 20.4 Å². The van der Waals surface area contributed by atoms with Gasteiger partial charge in [-0.15, -0.1) is 11.3 Å². The van der Waals surface area contributed by atoms with Gasteiger partial charge in [-0.2, -0.15) is 0 Å². The summed E-state index contributed by atoms with van der Waals surface area (Å²) >= 11 is 1.33. The molecule has 3 aromatic heterocycles. The Morgan fingerprint density at radius 3 is 2.70 bits per heavy atom. The molecule has 30 heavy (non-hydrogen) atoms. The number of thiazole rings is 1. The number of carbonyl (C=O) groups is 1. The topological polar surface area (TPSA) is 123 Å². The maximum Gasteiger partial charge on any atom is 0.250 e. The van der Waals surface area contributed by atoms with Crippen molar-refractivity contribution in [3.05, 3.63) is 53.7 Å². The van der Waals surface area contributed by atoms with Crippen molar-refractivity contribution in [2.24, 2.45) is 11.5 Å². The van der Waals surface area contributed by atoms with E-state index in [9.17, 15) is 4.79 Å². The fraction of sp³-hybridized carbons (Fsp3) is 0.300. The number of pyridine rings is 2. The number of anilines is 2. The first-order chi connectivity index (χ1) is 14.5. The maximum absolute atomic E-state index is 15.5. The molecule has 0 aromatic carbocycles. The van der Waals surface area contributed by atoms with E-state index in [0.717, 1.165) is 25.7 Å². The van der Waals surface area contributed by atoms with Crippen molar-refractivity contribution >= 4 is 28.7 Å². The average Bonchev–Trinajstić information content (AvgIpc) is 3.28. The Kier molecular flexibility index (Phi) is 5.98. The Bertz CT molecular complexity index is 1010. The largest absolute Gasteiger partial charge is 0.366 e. The number of aromatic nitrogens is 3. The molecule has 1 saturated carbocycles. The molecule has 156 valence electrons. The highest BCUT2D eigenvalue weighted by atomic mass is 32.1. The van der Waals surface area contributed by atoms with Crippen LogP contribution in [0.3, 0.4) is 0 Å². The lowest BCUT2D eigenvalue weighted by Gasteiger charge is -2.35. The summed E-state index contributed by atoms with van der Waals surface area (Å²) in [6, 6.07) is 3.04. The summed E-state index contributed by atoms with van der Waals surface area (Å²) in [7, 11) is 0. The molecule has 1 aliphatic rings. The van der Waals surface area contributed by atoms with Gasteiger partial charge in [-0.3, -0.25) is 14.8 Å². The van der Waals surface area contributed by atoms with E-state index in [1.807, 2.05) is 0 Å². The molecule has 8 nitrogen and oxygen atoms in total. The third kappa shape index (κ3) is 4.16. The van der Waals surface area contributed by atoms with E-state index in [1.165, 1.54) is 29.9 Å². The zero-order valence-electron chi connectivity index (χ0n) is 16.2. The van der Waals surface area contributed by atoms with Crippen LogP contribution in [-0.2, 0) is 0 Å². The zero-order chi connectivity index (χ0) is 21.1. The van der Waals surface area contributed by atoms with Crippen molar-refractivity contribution in [2.45, 2.75) is 37.8 Å². The fourth-order valence-electron chi connectivity index (χ4n) is 3.50. The summed E-state index contributed by atoms with van der Waals surface area (Å²) in [6.45, 7) is 0. The minimum absolute atomic E-state index is 0.0562. The van der Waals surface area contributed by atoms with Crippen molar-refractivity contribution < 1.29 is 9.18 Å². The molecule has 0 bridgehead atoms. The Hall–Kier alpha value is -2.95. The summed E-state index contributed by atoms with van der Waals surface area (Å²) in [6.07, 6.45) is 9.71. The van der Waals surface area contributed by atoms with Crippen LogP contribution in [0.2, 0.25) is 0 Å². The van der Waals surface area contributed by atoms with Crippen LogP contribution in [0.15, 0.2) is 42.3 Å². The van der Waals surface area contributed by atoms with Gasteiger partial charge in [-0.05, 0) is 25.0 Å². The Balaban J connectivity index is 1.75. The number of halogens is 1. The van der Waals surface area contributed by atoms with Crippen molar-refractivity contribution in [1.29, 1.82) is 0 Å². The minimum atomic E-state index is -0.582. The van der Waals surface area contributed by atoms with Crippen LogP contribution >= 0.6 is 11.3 Å². The van der Waals surface area contributed by atoms with E-state index >= 15 is 4.39 Å². The van der Waals surface area contributed by atoms with Gasteiger partial charge in [0.05, 0.1) is 17.3 Å². The Morgan fingerprint density at radius 1 is 1.20 bits per heavy atom. The fourth-order valence-corrected chi connectivity index (χ4v) is 4.15. The second kappa shape index (κ2) is 8.82. The minimum Gasteiger partial charge on any atom is -0.366 e. The first-order valence-electron chi connectivity index (χ1n) is 9.65. The lowest BCUT2D eigenvalue weighted by Crippen LogP contribution is -2.53. The summed E-state index contributed by atoms with van der Waals surface area (Å²) in [5, 5.41) is 3.86. The molecule has 1 amide bonds. The van der Waals surface area contributed by atoms with E-state index in [4.69, 9.17) is 11.5 Å². The van der Waals surface area contributed by atoms with Crippen LogP contribution in [0.5, 0.6) is 0 Å². The molecule has 4 rings (SSSR count). The third-order valence-corrected chi connectivity index (χ3v) is 5.95. The van der Waals surface area contributed by atoms with Crippen molar-refractivity contribution in [2.75, 3.05) is 5.01 Å². The molecule has 2 unspecified atom stereocenters. The number of hydrogen-bond donors (Lipinski definition) is 3. The zero-order valence-corrected chi connectivity index (χ0v) is 17.0. The van der Waals surface area contributed by atoms with Crippen LogP contribution in [0.25, 0.3) is 10.6 Å². The van der Waals surface area contributed by atoms with Crippen LogP contribution in [-0.4, -0.2) is 32.9 Å². The number of primary amides is 1. The molecule has 1 aliphatic carbocycles. The van der Waals surface area contributed by atoms with Gasteiger partial charge in [-0.25, -0.2) is 19.8 Å². The lowest BCUT2D eigenvalue weighted by atomic mass is 9.91.